The van der Waals surface area contributed by atoms with E-state index in [-0.39, 0.29) is 0 Å². The summed E-state index contributed by atoms with van der Waals surface area (Å²) in [6.45, 7) is 1.72. The Kier molecular flexibility index (Phi) is 4.13. The largest absolute Gasteiger partial charge is 0.298 e. The molecule has 21 heavy (non-hydrogen) atoms. The number of halogens is 1. The number of hydrogen-bond acceptors (Lipinski definition) is 3. The first kappa shape index (κ1) is 14.0. The maximum absolute atomic E-state index is 5.81. The minimum atomic E-state index is 0.531. The second-order valence-corrected chi connectivity index (χ2v) is 5.56. The quantitative estimate of drug-likeness (QED) is 0.684. The summed E-state index contributed by atoms with van der Waals surface area (Å²) in [6, 6.07) is 12.3. The number of pyridine rings is 2. The maximum atomic E-state index is 5.81. The van der Waals surface area contributed by atoms with E-state index >= 15 is 0 Å². The molecule has 0 N–H and O–H groups in total. The lowest BCUT2D eigenvalue weighted by molar-refractivity contribution is 0.320. The molecule has 0 aliphatic rings. The van der Waals surface area contributed by atoms with Gasteiger partial charge in [0.05, 0.1) is 0 Å². The Labute approximate surface area is 129 Å². The fraction of sp³-hybridized carbons (Fsp3) is 0.176. The third-order valence-electron chi connectivity index (χ3n) is 3.45. The van der Waals surface area contributed by atoms with Crippen molar-refractivity contribution < 1.29 is 0 Å². The van der Waals surface area contributed by atoms with Crippen molar-refractivity contribution in [3.05, 3.63) is 71.3 Å². The molecule has 0 aliphatic heterocycles. The van der Waals surface area contributed by atoms with Crippen molar-refractivity contribution in [2.75, 3.05) is 7.05 Å². The van der Waals surface area contributed by atoms with E-state index in [0.29, 0.717) is 5.15 Å². The van der Waals surface area contributed by atoms with Gasteiger partial charge < -0.3 is 0 Å². The van der Waals surface area contributed by atoms with Gasteiger partial charge in [0.2, 0.25) is 0 Å². The molecule has 0 amide bonds. The minimum Gasteiger partial charge on any atom is -0.298 e. The highest BCUT2D eigenvalue weighted by atomic mass is 35.5. The third kappa shape index (κ3) is 3.38. The van der Waals surface area contributed by atoms with Gasteiger partial charge in [-0.1, -0.05) is 35.9 Å². The molecule has 3 rings (SSSR count). The SMILES string of the molecule is CN(Cc1ccc(Cl)nc1)Cc1cccc2cnccc12. The highest BCUT2D eigenvalue weighted by molar-refractivity contribution is 6.29. The zero-order valence-electron chi connectivity index (χ0n) is 11.8. The number of aromatic nitrogens is 2. The summed E-state index contributed by atoms with van der Waals surface area (Å²) in [6.07, 6.45) is 5.57. The summed E-state index contributed by atoms with van der Waals surface area (Å²) in [5.74, 6) is 0. The molecule has 0 unspecified atom stereocenters. The lowest BCUT2D eigenvalue weighted by Gasteiger charge is -2.18. The van der Waals surface area contributed by atoms with Gasteiger partial charge in [-0.3, -0.25) is 9.88 Å². The summed E-state index contributed by atoms with van der Waals surface area (Å²) in [5.41, 5.74) is 2.46. The van der Waals surface area contributed by atoms with Crippen LogP contribution in [0.25, 0.3) is 10.8 Å². The molecule has 106 valence electrons. The Morgan fingerprint density at radius 2 is 1.95 bits per heavy atom. The van der Waals surface area contributed by atoms with Crippen LogP contribution in [0.5, 0.6) is 0 Å². The summed E-state index contributed by atoms with van der Waals surface area (Å²) in [7, 11) is 2.11. The molecule has 2 aromatic heterocycles. The molecule has 0 radical (unpaired) electrons. The highest BCUT2D eigenvalue weighted by Gasteiger charge is 2.05. The van der Waals surface area contributed by atoms with Crippen molar-refractivity contribution in [2.24, 2.45) is 0 Å². The molecule has 3 aromatic rings. The highest BCUT2D eigenvalue weighted by Crippen LogP contribution is 2.19. The number of fused-ring (bicyclic) bond motifs is 1. The van der Waals surface area contributed by atoms with Crippen LogP contribution in [-0.2, 0) is 13.1 Å². The fourth-order valence-electron chi connectivity index (χ4n) is 2.49. The van der Waals surface area contributed by atoms with Crippen LogP contribution < -0.4 is 0 Å². The smallest absolute Gasteiger partial charge is 0.129 e. The first-order valence-electron chi connectivity index (χ1n) is 6.83. The first-order valence-corrected chi connectivity index (χ1v) is 7.21. The van der Waals surface area contributed by atoms with Gasteiger partial charge in [-0.25, -0.2) is 4.98 Å². The van der Waals surface area contributed by atoms with Crippen molar-refractivity contribution in [1.82, 2.24) is 14.9 Å². The van der Waals surface area contributed by atoms with Gasteiger partial charge in [0, 0.05) is 37.1 Å². The maximum Gasteiger partial charge on any atom is 0.129 e. The second kappa shape index (κ2) is 6.20. The van der Waals surface area contributed by atoms with Crippen LogP contribution in [0.3, 0.4) is 0 Å². The fourth-order valence-corrected chi connectivity index (χ4v) is 2.60. The van der Waals surface area contributed by atoms with Gasteiger partial charge in [0.25, 0.3) is 0 Å². The molecule has 0 fully saturated rings. The molecular weight excluding hydrogens is 282 g/mol. The molecule has 2 heterocycles. The van der Waals surface area contributed by atoms with Crippen LogP contribution in [0.4, 0.5) is 0 Å². The zero-order valence-corrected chi connectivity index (χ0v) is 12.6. The third-order valence-corrected chi connectivity index (χ3v) is 3.68. The Balaban J connectivity index is 1.77. The van der Waals surface area contributed by atoms with Crippen molar-refractivity contribution in [3.63, 3.8) is 0 Å². The average Bonchev–Trinajstić information content (AvgIpc) is 2.50. The van der Waals surface area contributed by atoms with Crippen molar-refractivity contribution in [1.29, 1.82) is 0 Å². The number of nitrogens with zero attached hydrogens (tertiary/aromatic N) is 3. The van der Waals surface area contributed by atoms with Gasteiger partial charge in [0.15, 0.2) is 0 Å². The predicted octanol–water partition coefficient (Wildman–Crippen LogP) is 3.92. The molecule has 0 bridgehead atoms. The normalized spacial score (nSPS) is 11.2. The number of hydrogen-bond donors (Lipinski definition) is 0. The summed E-state index contributed by atoms with van der Waals surface area (Å²) in [4.78, 5) is 10.6. The Bertz CT molecular complexity index is 735. The standard InChI is InChI=1S/C17H16ClN3/c1-21(11-13-5-6-17(18)20-9-13)12-15-4-2-3-14-10-19-8-7-16(14)15/h2-10H,11-12H2,1H3. The lowest BCUT2D eigenvalue weighted by atomic mass is 10.1. The van der Waals surface area contributed by atoms with E-state index in [9.17, 15) is 0 Å². The van der Waals surface area contributed by atoms with E-state index in [2.05, 4.69) is 46.2 Å². The monoisotopic (exact) mass is 297 g/mol. The van der Waals surface area contributed by atoms with E-state index in [4.69, 9.17) is 11.6 Å². The van der Waals surface area contributed by atoms with Gasteiger partial charge in [-0.15, -0.1) is 0 Å². The van der Waals surface area contributed by atoms with Crippen molar-refractivity contribution >= 4 is 22.4 Å². The molecule has 4 heteroatoms. The van der Waals surface area contributed by atoms with Crippen LogP contribution in [0, 0.1) is 0 Å². The van der Waals surface area contributed by atoms with Crippen LogP contribution in [0.1, 0.15) is 11.1 Å². The summed E-state index contributed by atoms with van der Waals surface area (Å²) in [5, 5.41) is 2.97. The average molecular weight is 298 g/mol. The van der Waals surface area contributed by atoms with Crippen molar-refractivity contribution in [2.45, 2.75) is 13.1 Å². The Morgan fingerprint density at radius 1 is 1.05 bits per heavy atom. The van der Waals surface area contributed by atoms with E-state index in [1.165, 1.54) is 16.3 Å². The molecule has 0 spiro atoms. The van der Waals surface area contributed by atoms with Crippen LogP contribution in [0.2, 0.25) is 5.15 Å². The zero-order chi connectivity index (χ0) is 14.7. The first-order chi connectivity index (χ1) is 10.2. The van der Waals surface area contributed by atoms with Gasteiger partial charge in [-0.05, 0) is 35.7 Å². The topological polar surface area (TPSA) is 29.0 Å². The lowest BCUT2D eigenvalue weighted by Crippen LogP contribution is -2.17. The van der Waals surface area contributed by atoms with Gasteiger partial charge in [0.1, 0.15) is 5.15 Å². The molecule has 0 aliphatic carbocycles. The molecular formula is C17H16ClN3. The van der Waals surface area contributed by atoms with Gasteiger partial charge >= 0.3 is 0 Å². The molecule has 3 nitrogen and oxygen atoms in total. The van der Waals surface area contributed by atoms with Crippen molar-refractivity contribution in [3.8, 4) is 0 Å². The molecule has 0 atom stereocenters. The van der Waals surface area contributed by atoms with Crippen LogP contribution in [-0.4, -0.2) is 21.9 Å². The number of benzene rings is 1. The van der Waals surface area contributed by atoms with E-state index < -0.39 is 0 Å². The van der Waals surface area contributed by atoms with E-state index in [1.807, 2.05) is 30.7 Å². The predicted molar refractivity (Wildman–Crippen MR) is 86.2 cm³/mol. The molecule has 1 aromatic carbocycles. The molecule has 0 saturated heterocycles. The summed E-state index contributed by atoms with van der Waals surface area (Å²) < 4.78 is 0. The van der Waals surface area contributed by atoms with Crippen LogP contribution >= 0.6 is 11.6 Å². The van der Waals surface area contributed by atoms with Gasteiger partial charge in [-0.2, -0.15) is 0 Å². The Hall–Kier alpha value is -1.97. The Morgan fingerprint density at radius 3 is 2.76 bits per heavy atom. The summed E-state index contributed by atoms with van der Waals surface area (Å²) >= 11 is 5.81. The second-order valence-electron chi connectivity index (χ2n) is 5.18. The van der Waals surface area contributed by atoms with Crippen LogP contribution in [0.15, 0.2) is 55.0 Å². The minimum absolute atomic E-state index is 0.531. The van der Waals surface area contributed by atoms with E-state index in [1.54, 1.807) is 0 Å². The number of rotatable bonds is 4. The van der Waals surface area contributed by atoms with E-state index in [0.717, 1.165) is 18.7 Å². The molecule has 0 saturated carbocycles.